The van der Waals surface area contributed by atoms with Gasteiger partial charge in [0, 0.05) is 19.6 Å². The van der Waals surface area contributed by atoms with E-state index in [0.717, 1.165) is 0 Å². The summed E-state index contributed by atoms with van der Waals surface area (Å²) in [6.45, 7) is 3.98. The molecule has 7 heteroatoms. The number of nitrogens with one attached hydrogen (secondary N) is 1. The molecule has 0 fully saturated rings. The van der Waals surface area contributed by atoms with Gasteiger partial charge in [-0.25, -0.2) is 0 Å². The highest BCUT2D eigenvalue weighted by Crippen LogP contribution is 2.20. The van der Waals surface area contributed by atoms with E-state index in [1.807, 2.05) is 6.92 Å². The molecule has 0 spiro atoms. The monoisotopic (exact) mass is 273 g/mol. The second-order valence-electron chi connectivity index (χ2n) is 3.85. The molecule has 0 heterocycles. The molecule has 0 radical (unpaired) electrons. The Bertz CT molecular complexity index is 191. The Kier molecular flexibility index (Phi) is 10.3. The van der Waals surface area contributed by atoms with Gasteiger partial charge in [0.2, 0.25) is 0 Å². The van der Waals surface area contributed by atoms with Crippen LogP contribution in [0.5, 0.6) is 0 Å². The second-order valence-corrected chi connectivity index (χ2v) is 3.85. The van der Waals surface area contributed by atoms with Crippen molar-refractivity contribution in [2.45, 2.75) is 32.0 Å². The van der Waals surface area contributed by atoms with Gasteiger partial charge in [0.1, 0.15) is 0 Å². The van der Waals surface area contributed by atoms with Crippen molar-refractivity contribution in [2.75, 3.05) is 39.5 Å². The molecular formula is C11H22F3NO3. The van der Waals surface area contributed by atoms with Crippen LogP contribution >= 0.6 is 0 Å². The van der Waals surface area contributed by atoms with Crippen LogP contribution in [-0.4, -0.2) is 56.9 Å². The van der Waals surface area contributed by atoms with Crippen LogP contribution in [0.1, 0.15) is 19.8 Å². The predicted octanol–water partition coefficient (Wildman–Crippen LogP) is 1.33. The SMILES string of the molecule is CCOCCOCC(O)CNCCCC(F)(F)F. The molecule has 0 aliphatic heterocycles. The van der Waals surface area contributed by atoms with E-state index in [-0.39, 0.29) is 26.1 Å². The Labute approximate surface area is 105 Å². The first kappa shape index (κ1) is 17.6. The molecule has 0 aliphatic rings. The van der Waals surface area contributed by atoms with Gasteiger partial charge in [-0.15, -0.1) is 0 Å². The number of ether oxygens (including phenoxy) is 2. The van der Waals surface area contributed by atoms with Crippen molar-refractivity contribution >= 4 is 0 Å². The van der Waals surface area contributed by atoms with Gasteiger partial charge in [-0.2, -0.15) is 13.2 Å². The largest absolute Gasteiger partial charge is 0.389 e. The molecule has 0 aliphatic carbocycles. The minimum absolute atomic E-state index is 0.0153. The highest BCUT2D eigenvalue weighted by molar-refractivity contribution is 4.60. The van der Waals surface area contributed by atoms with Crippen LogP contribution in [-0.2, 0) is 9.47 Å². The maximum atomic E-state index is 11.8. The molecule has 0 aromatic heterocycles. The molecule has 4 nitrogen and oxygen atoms in total. The first-order valence-electron chi connectivity index (χ1n) is 6.06. The fourth-order valence-corrected chi connectivity index (χ4v) is 1.22. The summed E-state index contributed by atoms with van der Waals surface area (Å²) in [5.74, 6) is 0. The lowest BCUT2D eigenvalue weighted by molar-refractivity contribution is -0.135. The fourth-order valence-electron chi connectivity index (χ4n) is 1.22. The van der Waals surface area contributed by atoms with E-state index in [9.17, 15) is 18.3 Å². The lowest BCUT2D eigenvalue weighted by Gasteiger charge is -2.12. The molecule has 0 saturated heterocycles. The smallest absolute Gasteiger partial charge is 0.389 e. The Morgan fingerprint density at radius 1 is 1.22 bits per heavy atom. The number of aliphatic hydroxyl groups excluding tert-OH is 1. The summed E-state index contributed by atoms with van der Waals surface area (Å²) in [6, 6.07) is 0. The van der Waals surface area contributed by atoms with E-state index in [1.54, 1.807) is 0 Å². The molecule has 1 unspecified atom stereocenters. The lowest BCUT2D eigenvalue weighted by Crippen LogP contribution is -2.31. The number of aliphatic hydroxyl groups is 1. The van der Waals surface area contributed by atoms with E-state index in [0.29, 0.717) is 19.8 Å². The fraction of sp³-hybridized carbons (Fsp3) is 1.00. The van der Waals surface area contributed by atoms with Crippen LogP contribution in [0.2, 0.25) is 0 Å². The Morgan fingerprint density at radius 3 is 2.50 bits per heavy atom. The lowest BCUT2D eigenvalue weighted by atomic mass is 10.3. The summed E-state index contributed by atoms with van der Waals surface area (Å²) in [4.78, 5) is 0. The van der Waals surface area contributed by atoms with Crippen molar-refractivity contribution in [3.05, 3.63) is 0 Å². The van der Waals surface area contributed by atoms with Crippen molar-refractivity contribution in [3.8, 4) is 0 Å². The van der Waals surface area contributed by atoms with Gasteiger partial charge in [0.15, 0.2) is 0 Å². The average Bonchev–Trinajstić information content (AvgIpc) is 2.27. The number of hydrogen-bond donors (Lipinski definition) is 2. The van der Waals surface area contributed by atoms with Crippen LogP contribution in [0.15, 0.2) is 0 Å². The number of alkyl halides is 3. The van der Waals surface area contributed by atoms with Crippen molar-refractivity contribution in [1.29, 1.82) is 0 Å². The van der Waals surface area contributed by atoms with Crippen LogP contribution in [0.4, 0.5) is 13.2 Å². The van der Waals surface area contributed by atoms with Crippen molar-refractivity contribution < 1.29 is 27.8 Å². The van der Waals surface area contributed by atoms with Gasteiger partial charge in [-0.3, -0.25) is 0 Å². The highest BCUT2D eigenvalue weighted by Gasteiger charge is 2.25. The van der Waals surface area contributed by atoms with Crippen molar-refractivity contribution in [1.82, 2.24) is 5.32 Å². The van der Waals surface area contributed by atoms with Crippen molar-refractivity contribution in [3.63, 3.8) is 0 Å². The zero-order valence-corrected chi connectivity index (χ0v) is 10.6. The van der Waals surface area contributed by atoms with Gasteiger partial charge in [-0.1, -0.05) is 0 Å². The third-order valence-corrected chi connectivity index (χ3v) is 2.08. The van der Waals surface area contributed by atoms with E-state index in [1.165, 1.54) is 0 Å². The van der Waals surface area contributed by atoms with E-state index in [2.05, 4.69) is 5.32 Å². The topological polar surface area (TPSA) is 50.7 Å². The number of hydrogen-bond acceptors (Lipinski definition) is 4. The molecule has 110 valence electrons. The van der Waals surface area contributed by atoms with E-state index in [4.69, 9.17) is 9.47 Å². The maximum absolute atomic E-state index is 11.8. The first-order valence-corrected chi connectivity index (χ1v) is 6.06. The molecule has 0 aromatic carbocycles. The first-order chi connectivity index (χ1) is 8.45. The summed E-state index contributed by atoms with van der Waals surface area (Å²) < 4.78 is 45.5. The Balaban J connectivity index is 3.24. The molecule has 1 atom stereocenters. The maximum Gasteiger partial charge on any atom is 0.389 e. The Morgan fingerprint density at radius 2 is 1.89 bits per heavy atom. The van der Waals surface area contributed by atoms with Crippen LogP contribution in [0, 0.1) is 0 Å². The molecule has 18 heavy (non-hydrogen) atoms. The van der Waals surface area contributed by atoms with E-state index < -0.39 is 18.7 Å². The third-order valence-electron chi connectivity index (χ3n) is 2.08. The van der Waals surface area contributed by atoms with Crippen LogP contribution in [0.25, 0.3) is 0 Å². The molecule has 2 N–H and O–H groups in total. The number of rotatable bonds is 11. The molecule has 0 bridgehead atoms. The molecule has 0 saturated carbocycles. The highest BCUT2D eigenvalue weighted by atomic mass is 19.4. The number of halogens is 3. The summed E-state index contributed by atoms with van der Waals surface area (Å²) >= 11 is 0. The molecule has 0 aromatic rings. The summed E-state index contributed by atoms with van der Waals surface area (Å²) in [5.41, 5.74) is 0. The quantitative estimate of drug-likeness (QED) is 0.558. The normalized spacial score (nSPS) is 13.8. The van der Waals surface area contributed by atoms with Crippen LogP contribution < -0.4 is 5.32 Å². The van der Waals surface area contributed by atoms with Gasteiger partial charge in [0.05, 0.1) is 25.9 Å². The zero-order valence-electron chi connectivity index (χ0n) is 10.6. The zero-order chi connectivity index (χ0) is 13.9. The summed E-state index contributed by atoms with van der Waals surface area (Å²) in [6.07, 6.45) is -5.61. The second kappa shape index (κ2) is 10.5. The third kappa shape index (κ3) is 13.7. The van der Waals surface area contributed by atoms with Gasteiger partial charge >= 0.3 is 6.18 Å². The molecular weight excluding hydrogens is 251 g/mol. The molecule has 0 amide bonds. The van der Waals surface area contributed by atoms with E-state index >= 15 is 0 Å². The minimum Gasteiger partial charge on any atom is -0.389 e. The van der Waals surface area contributed by atoms with Crippen molar-refractivity contribution in [2.24, 2.45) is 0 Å². The average molecular weight is 273 g/mol. The summed E-state index contributed by atoms with van der Waals surface area (Å²) in [7, 11) is 0. The summed E-state index contributed by atoms with van der Waals surface area (Å²) in [5, 5.41) is 12.2. The standard InChI is InChI=1S/C11H22F3NO3/c1-2-17-6-7-18-9-10(16)8-15-5-3-4-11(12,13)14/h10,15-16H,2-9H2,1H3. The molecule has 0 rings (SSSR count). The van der Waals surface area contributed by atoms with Gasteiger partial charge in [0.25, 0.3) is 0 Å². The minimum atomic E-state index is -4.11. The van der Waals surface area contributed by atoms with Gasteiger partial charge < -0.3 is 19.9 Å². The van der Waals surface area contributed by atoms with Gasteiger partial charge in [-0.05, 0) is 19.9 Å². The predicted molar refractivity (Wildman–Crippen MR) is 61.5 cm³/mol. The van der Waals surface area contributed by atoms with Crippen LogP contribution in [0.3, 0.4) is 0 Å². The Hall–Kier alpha value is -0.370.